The molecule has 2 aromatic rings. The molecule has 6 nitrogen and oxygen atoms in total. The average molecular weight is 343 g/mol. The lowest BCUT2D eigenvalue weighted by atomic mass is 10.2. The summed E-state index contributed by atoms with van der Waals surface area (Å²) < 4.78 is 5.08. The Balaban J connectivity index is 2.01. The van der Waals surface area contributed by atoms with E-state index in [1.54, 1.807) is 12.1 Å². The largest absolute Gasteiger partial charge is 0.467 e. The molecule has 0 spiro atoms. The predicted octanol–water partition coefficient (Wildman–Crippen LogP) is 2.37. The molecular formula is C14H12Cl2N2O4. The third kappa shape index (κ3) is 4.00. The lowest BCUT2D eigenvalue weighted by molar-refractivity contribution is -0.136. The molecule has 0 bridgehead atoms. The molecule has 22 heavy (non-hydrogen) atoms. The van der Waals surface area contributed by atoms with Gasteiger partial charge >= 0.3 is 11.8 Å². The second kappa shape index (κ2) is 7.31. The summed E-state index contributed by atoms with van der Waals surface area (Å²) >= 11 is 11.7. The van der Waals surface area contributed by atoms with Crippen molar-refractivity contribution in [1.82, 2.24) is 5.32 Å². The van der Waals surface area contributed by atoms with Gasteiger partial charge in [0, 0.05) is 5.02 Å². The maximum absolute atomic E-state index is 11.8. The van der Waals surface area contributed by atoms with Crippen LogP contribution in [0.25, 0.3) is 0 Å². The molecule has 0 fully saturated rings. The minimum atomic E-state index is -0.929. The van der Waals surface area contributed by atoms with Gasteiger partial charge in [-0.1, -0.05) is 23.2 Å². The maximum Gasteiger partial charge on any atom is 0.313 e. The van der Waals surface area contributed by atoms with Gasteiger partial charge in [-0.25, -0.2) is 0 Å². The fourth-order valence-corrected chi connectivity index (χ4v) is 2.15. The molecule has 3 N–H and O–H groups in total. The summed E-state index contributed by atoms with van der Waals surface area (Å²) in [6, 6.07) is 6.82. The van der Waals surface area contributed by atoms with E-state index in [1.165, 1.54) is 24.5 Å². The molecule has 2 amide bonds. The summed E-state index contributed by atoms with van der Waals surface area (Å²) in [7, 11) is 0. The van der Waals surface area contributed by atoms with E-state index in [4.69, 9.17) is 27.6 Å². The van der Waals surface area contributed by atoms with Gasteiger partial charge in [0.15, 0.2) is 0 Å². The van der Waals surface area contributed by atoms with Crippen molar-refractivity contribution in [2.45, 2.75) is 6.04 Å². The molecule has 1 atom stereocenters. The Kier molecular flexibility index (Phi) is 5.43. The van der Waals surface area contributed by atoms with Crippen LogP contribution in [0.15, 0.2) is 41.0 Å². The number of rotatable bonds is 4. The third-order valence-electron chi connectivity index (χ3n) is 2.76. The number of furan rings is 1. The maximum atomic E-state index is 11.8. The molecule has 1 unspecified atom stereocenters. The third-order valence-corrected chi connectivity index (χ3v) is 3.31. The van der Waals surface area contributed by atoms with E-state index in [2.05, 4.69) is 10.6 Å². The number of anilines is 1. The fourth-order valence-electron chi connectivity index (χ4n) is 1.69. The Hall–Kier alpha value is -2.02. The van der Waals surface area contributed by atoms with Gasteiger partial charge in [-0.2, -0.15) is 0 Å². The Labute approximate surface area is 136 Å². The summed E-state index contributed by atoms with van der Waals surface area (Å²) in [5.74, 6) is -1.51. The van der Waals surface area contributed by atoms with Gasteiger partial charge in [0.05, 0.1) is 23.6 Å². The molecule has 1 aromatic heterocycles. The molecule has 1 aromatic carbocycles. The smallest absolute Gasteiger partial charge is 0.313 e. The molecule has 116 valence electrons. The molecule has 0 aliphatic rings. The standard InChI is InChI=1S/C14H12Cl2N2O4/c15-8-3-4-10(9(16)6-8)17-13(20)14(21)18-11(7-19)12-2-1-5-22-12/h1-6,11,19H,7H2,(H,17,20)(H,18,21). The Bertz CT molecular complexity index is 673. The van der Waals surface area contributed by atoms with E-state index < -0.39 is 24.5 Å². The van der Waals surface area contributed by atoms with Crippen LogP contribution in [0.5, 0.6) is 0 Å². The van der Waals surface area contributed by atoms with Crippen molar-refractivity contribution in [3.63, 3.8) is 0 Å². The van der Waals surface area contributed by atoms with Gasteiger partial charge < -0.3 is 20.2 Å². The number of nitrogens with one attached hydrogen (secondary N) is 2. The summed E-state index contributed by atoms with van der Waals surface area (Å²) in [6.45, 7) is -0.408. The van der Waals surface area contributed by atoms with E-state index in [1.807, 2.05) is 0 Å². The molecule has 0 aliphatic heterocycles. The van der Waals surface area contributed by atoms with Crippen molar-refractivity contribution in [1.29, 1.82) is 0 Å². The highest BCUT2D eigenvalue weighted by molar-refractivity contribution is 6.42. The highest BCUT2D eigenvalue weighted by Crippen LogP contribution is 2.25. The van der Waals surface area contributed by atoms with Gasteiger partial charge in [0.25, 0.3) is 0 Å². The summed E-state index contributed by atoms with van der Waals surface area (Å²) in [6.07, 6.45) is 1.40. The molecular weight excluding hydrogens is 331 g/mol. The minimum Gasteiger partial charge on any atom is -0.467 e. The van der Waals surface area contributed by atoms with Gasteiger partial charge in [-0.15, -0.1) is 0 Å². The molecule has 0 aliphatic carbocycles. The average Bonchev–Trinajstić information content (AvgIpc) is 3.01. The van der Waals surface area contributed by atoms with Crippen LogP contribution >= 0.6 is 23.2 Å². The van der Waals surface area contributed by atoms with Crippen molar-refractivity contribution >= 4 is 40.7 Å². The van der Waals surface area contributed by atoms with Gasteiger partial charge in [-0.05, 0) is 30.3 Å². The minimum absolute atomic E-state index is 0.207. The van der Waals surface area contributed by atoms with Crippen LogP contribution in [0.2, 0.25) is 10.0 Å². The lowest BCUT2D eigenvalue weighted by Gasteiger charge is -2.14. The number of hydrogen-bond acceptors (Lipinski definition) is 4. The molecule has 0 radical (unpaired) electrons. The fraction of sp³-hybridized carbons (Fsp3) is 0.143. The zero-order valence-electron chi connectivity index (χ0n) is 11.2. The number of aliphatic hydroxyl groups is 1. The number of amides is 2. The van der Waals surface area contributed by atoms with Crippen molar-refractivity contribution in [3.8, 4) is 0 Å². The predicted molar refractivity (Wildman–Crippen MR) is 81.8 cm³/mol. The van der Waals surface area contributed by atoms with E-state index in [0.717, 1.165) is 0 Å². The molecule has 2 rings (SSSR count). The first-order valence-corrected chi connectivity index (χ1v) is 6.98. The van der Waals surface area contributed by atoms with Crippen molar-refractivity contribution in [3.05, 3.63) is 52.4 Å². The molecule has 1 heterocycles. The summed E-state index contributed by atoms with van der Waals surface area (Å²) in [5, 5.41) is 14.6. The first-order valence-electron chi connectivity index (χ1n) is 6.22. The lowest BCUT2D eigenvalue weighted by Crippen LogP contribution is -2.39. The zero-order chi connectivity index (χ0) is 16.1. The highest BCUT2D eigenvalue weighted by Gasteiger charge is 2.21. The number of hydrogen-bond donors (Lipinski definition) is 3. The number of carbonyl (C=O) groups excluding carboxylic acids is 2. The monoisotopic (exact) mass is 342 g/mol. The van der Waals surface area contributed by atoms with Crippen LogP contribution < -0.4 is 10.6 Å². The van der Waals surface area contributed by atoms with Gasteiger partial charge in [0.1, 0.15) is 11.8 Å². The van der Waals surface area contributed by atoms with Gasteiger partial charge in [-0.3, -0.25) is 9.59 Å². The SMILES string of the molecule is O=C(Nc1ccc(Cl)cc1Cl)C(=O)NC(CO)c1ccco1. The first-order chi connectivity index (χ1) is 10.5. The number of halogens is 2. The van der Waals surface area contributed by atoms with Crippen LogP contribution in [0.4, 0.5) is 5.69 Å². The number of benzene rings is 1. The topological polar surface area (TPSA) is 91.6 Å². The van der Waals surface area contributed by atoms with Crippen LogP contribution in [-0.4, -0.2) is 23.5 Å². The molecule has 0 saturated heterocycles. The van der Waals surface area contributed by atoms with Crippen LogP contribution in [0.3, 0.4) is 0 Å². The second-order valence-electron chi connectivity index (χ2n) is 4.30. The Morgan fingerprint density at radius 3 is 2.59 bits per heavy atom. The van der Waals surface area contributed by atoms with Crippen molar-refractivity contribution < 1.29 is 19.1 Å². The number of carbonyl (C=O) groups is 2. The van der Waals surface area contributed by atoms with Crippen LogP contribution in [-0.2, 0) is 9.59 Å². The molecule has 0 saturated carbocycles. The van der Waals surface area contributed by atoms with E-state index in [-0.39, 0.29) is 10.7 Å². The van der Waals surface area contributed by atoms with Crippen LogP contribution in [0.1, 0.15) is 11.8 Å². The second-order valence-corrected chi connectivity index (χ2v) is 5.15. The quantitative estimate of drug-likeness (QED) is 0.744. The van der Waals surface area contributed by atoms with E-state index in [9.17, 15) is 14.7 Å². The van der Waals surface area contributed by atoms with Gasteiger partial charge in [0.2, 0.25) is 0 Å². The van der Waals surface area contributed by atoms with E-state index in [0.29, 0.717) is 10.8 Å². The normalized spacial score (nSPS) is 11.8. The number of aliphatic hydroxyl groups excluding tert-OH is 1. The van der Waals surface area contributed by atoms with Crippen molar-refractivity contribution in [2.75, 3.05) is 11.9 Å². The first kappa shape index (κ1) is 16.4. The summed E-state index contributed by atoms with van der Waals surface area (Å²) in [4.78, 5) is 23.7. The Morgan fingerprint density at radius 1 is 1.23 bits per heavy atom. The highest BCUT2D eigenvalue weighted by atomic mass is 35.5. The van der Waals surface area contributed by atoms with E-state index >= 15 is 0 Å². The van der Waals surface area contributed by atoms with Crippen molar-refractivity contribution in [2.24, 2.45) is 0 Å². The Morgan fingerprint density at radius 2 is 2.00 bits per heavy atom. The summed E-state index contributed by atoms with van der Waals surface area (Å²) in [5.41, 5.74) is 0.254. The zero-order valence-corrected chi connectivity index (χ0v) is 12.7. The van der Waals surface area contributed by atoms with Crippen LogP contribution in [0, 0.1) is 0 Å². The molecule has 8 heteroatoms.